The lowest BCUT2D eigenvalue weighted by Gasteiger charge is -2.15. The highest BCUT2D eigenvalue weighted by Gasteiger charge is 2.44. The van der Waals surface area contributed by atoms with Crippen molar-refractivity contribution in [3.63, 3.8) is 0 Å². The average molecular weight is 393 g/mol. The van der Waals surface area contributed by atoms with Crippen LogP contribution in [-0.2, 0) is 4.74 Å². The summed E-state index contributed by atoms with van der Waals surface area (Å²) >= 11 is 1.98. The number of hydrogen-bond acceptors (Lipinski definition) is 8. The number of nitrogen functional groups attached to an aromatic ring is 1. The van der Waals surface area contributed by atoms with Gasteiger partial charge in [-0.2, -0.15) is 5.10 Å². The topological polar surface area (TPSA) is 140 Å². The summed E-state index contributed by atoms with van der Waals surface area (Å²) in [5.41, 5.74) is 6.18. The van der Waals surface area contributed by atoms with Gasteiger partial charge in [0.25, 0.3) is 0 Å². The smallest absolute Gasteiger partial charge is 0.181 e. The van der Waals surface area contributed by atoms with Crippen molar-refractivity contribution in [2.24, 2.45) is 0 Å². The summed E-state index contributed by atoms with van der Waals surface area (Å²) in [4.78, 5) is 7.98. The minimum Gasteiger partial charge on any atom is -0.394 e. The molecule has 0 aliphatic carbocycles. The highest BCUT2D eigenvalue weighted by atomic mass is 127. The van der Waals surface area contributed by atoms with Gasteiger partial charge in [-0.3, -0.25) is 0 Å². The molecule has 1 fully saturated rings. The number of rotatable bonds is 2. The van der Waals surface area contributed by atoms with Crippen LogP contribution in [0.25, 0.3) is 11.0 Å². The van der Waals surface area contributed by atoms with Gasteiger partial charge < -0.3 is 25.8 Å². The molecule has 108 valence electrons. The van der Waals surface area contributed by atoms with Crippen LogP contribution in [0.2, 0.25) is 0 Å². The molecule has 5 N–H and O–H groups in total. The predicted molar refractivity (Wildman–Crippen MR) is 75.5 cm³/mol. The molecule has 3 heterocycles. The van der Waals surface area contributed by atoms with E-state index in [0.29, 0.717) is 14.7 Å². The van der Waals surface area contributed by atoms with Crippen LogP contribution in [0.15, 0.2) is 6.33 Å². The van der Waals surface area contributed by atoms with Crippen LogP contribution in [0.1, 0.15) is 6.23 Å². The van der Waals surface area contributed by atoms with Crippen molar-refractivity contribution >= 4 is 39.4 Å². The Hall–Kier alpha value is -1.08. The second-order valence-corrected chi connectivity index (χ2v) is 5.44. The van der Waals surface area contributed by atoms with E-state index in [1.165, 1.54) is 11.0 Å². The molecule has 0 bridgehead atoms. The highest BCUT2D eigenvalue weighted by molar-refractivity contribution is 14.1. The Bertz CT molecular complexity index is 650. The lowest BCUT2D eigenvalue weighted by atomic mass is 10.1. The molecule has 1 aliphatic heterocycles. The zero-order chi connectivity index (χ0) is 14.4. The minimum absolute atomic E-state index is 0.275. The van der Waals surface area contributed by atoms with Crippen LogP contribution in [0.4, 0.5) is 5.82 Å². The van der Waals surface area contributed by atoms with Crippen molar-refractivity contribution in [1.29, 1.82) is 0 Å². The van der Waals surface area contributed by atoms with Gasteiger partial charge in [-0.25, -0.2) is 14.6 Å². The van der Waals surface area contributed by atoms with Crippen LogP contribution in [0, 0.1) is 3.70 Å². The molecule has 20 heavy (non-hydrogen) atoms. The van der Waals surface area contributed by atoms with Gasteiger partial charge in [0.05, 0.1) is 12.0 Å². The van der Waals surface area contributed by atoms with Crippen molar-refractivity contribution < 1.29 is 20.1 Å². The zero-order valence-corrected chi connectivity index (χ0v) is 12.2. The van der Waals surface area contributed by atoms with Gasteiger partial charge >= 0.3 is 0 Å². The molecule has 0 aromatic carbocycles. The summed E-state index contributed by atoms with van der Waals surface area (Å²) < 4.78 is 7.34. The van der Waals surface area contributed by atoms with E-state index in [-0.39, 0.29) is 5.82 Å². The Labute approximate surface area is 126 Å². The Balaban J connectivity index is 2.10. The molecule has 0 saturated carbocycles. The summed E-state index contributed by atoms with van der Waals surface area (Å²) in [6.45, 7) is -0.401. The number of ether oxygens (including phenoxy) is 1. The molecule has 10 heteroatoms. The molecular weight excluding hydrogens is 381 g/mol. The Morgan fingerprint density at radius 3 is 2.75 bits per heavy atom. The minimum atomic E-state index is -1.22. The van der Waals surface area contributed by atoms with E-state index in [9.17, 15) is 10.2 Å². The second kappa shape index (κ2) is 5.04. The van der Waals surface area contributed by atoms with Crippen molar-refractivity contribution in [1.82, 2.24) is 19.7 Å². The van der Waals surface area contributed by atoms with Gasteiger partial charge in [0.15, 0.2) is 11.9 Å². The number of aromatic nitrogens is 4. The van der Waals surface area contributed by atoms with Gasteiger partial charge in [0, 0.05) is 0 Å². The van der Waals surface area contributed by atoms with E-state index in [1.807, 2.05) is 22.6 Å². The van der Waals surface area contributed by atoms with Gasteiger partial charge in [-0.1, -0.05) is 0 Å². The van der Waals surface area contributed by atoms with E-state index in [2.05, 4.69) is 15.1 Å². The average Bonchev–Trinajstić information content (AvgIpc) is 2.90. The fraction of sp³-hybridized carbons (Fsp3) is 0.500. The van der Waals surface area contributed by atoms with Crippen molar-refractivity contribution in [2.75, 3.05) is 12.3 Å². The van der Waals surface area contributed by atoms with E-state index < -0.39 is 31.1 Å². The number of nitrogens with zero attached hydrogens (tertiary/aromatic N) is 4. The molecule has 2 unspecified atom stereocenters. The highest BCUT2D eigenvalue weighted by Crippen LogP contribution is 2.33. The molecular formula is C10H12IN5O4. The first-order valence-corrected chi connectivity index (χ1v) is 6.89. The fourth-order valence-electron chi connectivity index (χ4n) is 2.21. The van der Waals surface area contributed by atoms with E-state index >= 15 is 0 Å². The van der Waals surface area contributed by atoms with Gasteiger partial charge in [-0.15, -0.1) is 0 Å². The number of hydrogen-bond donors (Lipinski definition) is 4. The van der Waals surface area contributed by atoms with Gasteiger partial charge in [-0.05, 0) is 22.6 Å². The third-order valence-corrected chi connectivity index (χ3v) is 3.99. The predicted octanol–water partition coefficient (Wildman–Crippen LogP) is -1.38. The van der Waals surface area contributed by atoms with Crippen molar-refractivity contribution in [2.45, 2.75) is 24.5 Å². The Kier molecular flexibility index (Phi) is 3.50. The molecule has 0 amide bonds. The Morgan fingerprint density at radius 1 is 1.35 bits per heavy atom. The van der Waals surface area contributed by atoms with Crippen LogP contribution in [-0.4, -0.2) is 60.0 Å². The largest absolute Gasteiger partial charge is 0.394 e. The second-order valence-electron chi connectivity index (χ2n) is 4.42. The molecule has 3 rings (SSSR count). The molecule has 9 nitrogen and oxygen atoms in total. The number of aliphatic hydroxyl groups excluding tert-OH is 3. The molecule has 0 spiro atoms. The lowest BCUT2D eigenvalue weighted by molar-refractivity contribution is -0.0568. The van der Waals surface area contributed by atoms with Gasteiger partial charge in [0.2, 0.25) is 0 Å². The number of anilines is 1. The number of halogens is 1. The van der Waals surface area contributed by atoms with Crippen molar-refractivity contribution in [3.8, 4) is 0 Å². The number of aliphatic hydroxyl groups is 3. The van der Waals surface area contributed by atoms with Crippen LogP contribution in [0.5, 0.6) is 0 Å². The van der Waals surface area contributed by atoms with Crippen LogP contribution < -0.4 is 5.73 Å². The third kappa shape index (κ3) is 1.95. The van der Waals surface area contributed by atoms with Crippen LogP contribution in [0.3, 0.4) is 0 Å². The monoisotopic (exact) mass is 393 g/mol. The molecule has 0 radical (unpaired) electrons. The maximum atomic E-state index is 10.0. The Morgan fingerprint density at radius 2 is 2.10 bits per heavy atom. The standard InChI is InChI=1S/C10H12IN5O4/c11-7-4-8(12)13-2-14-9(4)16(15-7)10-6(19)5(18)3(1-17)20-10/h2-3,5-6,10,17-19H,1H2,(H2,12,13,14)/t3-,5?,6?,10-/m1/s1. The van der Waals surface area contributed by atoms with E-state index in [0.717, 1.165) is 0 Å². The van der Waals surface area contributed by atoms with Gasteiger partial charge in [0.1, 0.15) is 34.2 Å². The van der Waals surface area contributed by atoms with E-state index in [4.69, 9.17) is 15.6 Å². The summed E-state index contributed by atoms with van der Waals surface area (Å²) in [5.74, 6) is 0.275. The maximum Gasteiger partial charge on any atom is 0.181 e. The molecule has 2 aromatic rings. The first-order chi connectivity index (χ1) is 9.54. The fourth-order valence-corrected chi connectivity index (χ4v) is 2.96. The molecule has 4 atom stereocenters. The lowest BCUT2D eigenvalue weighted by Crippen LogP contribution is -2.33. The first-order valence-electron chi connectivity index (χ1n) is 5.81. The summed E-state index contributed by atoms with van der Waals surface area (Å²) in [5, 5.41) is 33.7. The third-order valence-electron chi connectivity index (χ3n) is 3.23. The summed E-state index contributed by atoms with van der Waals surface area (Å²) in [6, 6.07) is 0. The number of nitrogens with two attached hydrogens (primary N) is 1. The normalized spacial score (nSPS) is 30.2. The number of fused-ring (bicyclic) bond motifs is 1. The first kappa shape index (κ1) is 13.9. The van der Waals surface area contributed by atoms with E-state index in [1.54, 1.807) is 0 Å². The molecule has 2 aromatic heterocycles. The maximum absolute atomic E-state index is 10.0. The molecule has 1 saturated heterocycles. The van der Waals surface area contributed by atoms with Crippen LogP contribution >= 0.6 is 22.6 Å². The SMILES string of the molecule is Nc1ncnc2c1c(I)nn2[C@@H]1O[C@H](CO)C(O)C1O. The zero-order valence-electron chi connectivity index (χ0n) is 10.1. The van der Waals surface area contributed by atoms with Crippen molar-refractivity contribution in [3.05, 3.63) is 10.0 Å². The summed E-state index contributed by atoms with van der Waals surface area (Å²) in [6.07, 6.45) is -2.94. The quantitative estimate of drug-likeness (QED) is 0.458. The summed E-state index contributed by atoms with van der Waals surface area (Å²) in [7, 11) is 0. The molecule has 1 aliphatic rings.